The molecule has 0 saturated heterocycles. The van der Waals surface area contributed by atoms with E-state index in [9.17, 15) is 13.2 Å². The number of carbonyl (C=O) groups is 1. The fourth-order valence-electron chi connectivity index (χ4n) is 2.28. The lowest BCUT2D eigenvalue weighted by atomic mass is 10.3. The second-order valence-electron chi connectivity index (χ2n) is 5.31. The number of anilines is 1. The van der Waals surface area contributed by atoms with E-state index in [-0.39, 0.29) is 16.6 Å². The molecule has 0 radical (unpaired) electrons. The highest BCUT2D eigenvalue weighted by Gasteiger charge is 2.19. The summed E-state index contributed by atoms with van der Waals surface area (Å²) in [7, 11) is -2.64. The second kappa shape index (κ2) is 7.16. The zero-order valence-corrected chi connectivity index (χ0v) is 16.3. The molecule has 7 nitrogen and oxygen atoms in total. The van der Waals surface area contributed by atoms with E-state index < -0.39 is 10.0 Å². The van der Waals surface area contributed by atoms with Gasteiger partial charge >= 0.3 is 0 Å². The predicted octanol–water partition coefficient (Wildman–Crippen LogP) is 3.09. The fraction of sp³-hybridized carbons (Fsp3) is 0.125. The van der Waals surface area contributed by atoms with Crippen molar-refractivity contribution in [1.29, 1.82) is 0 Å². The number of benzene rings is 1. The SMILES string of the molecule is COc1ccc(NC(=O)c2sc(-c3ccsc3)nc2C)cc1S(N)(=O)=O. The number of aromatic nitrogens is 1. The summed E-state index contributed by atoms with van der Waals surface area (Å²) in [6.07, 6.45) is 0. The number of thiophene rings is 1. The molecule has 1 aromatic carbocycles. The van der Waals surface area contributed by atoms with E-state index in [1.807, 2.05) is 16.8 Å². The topological polar surface area (TPSA) is 111 Å². The number of nitrogens with two attached hydrogens (primary N) is 1. The van der Waals surface area contributed by atoms with Gasteiger partial charge in [-0.3, -0.25) is 4.79 Å². The first-order valence-corrected chi connectivity index (χ1v) is 10.6. The maximum Gasteiger partial charge on any atom is 0.267 e. The molecule has 10 heteroatoms. The van der Waals surface area contributed by atoms with Gasteiger partial charge in [0.1, 0.15) is 20.5 Å². The first kappa shape index (κ1) is 18.5. The number of rotatable bonds is 5. The van der Waals surface area contributed by atoms with Gasteiger partial charge in [-0.1, -0.05) is 0 Å². The second-order valence-corrected chi connectivity index (χ2v) is 8.62. The van der Waals surface area contributed by atoms with Crippen LogP contribution >= 0.6 is 22.7 Å². The Labute approximate surface area is 158 Å². The van der Waals surface area contributed by atoms with Crippen molar-refractivity contribution in [3.05, 3.63) is 45.6 Å². The summed E-state index contributed by atoms with van der Waals surface area (Å²) >= 11 is 2.83. The van der Waals surface area contributed by atoms with Gasteiger partial charge in [0.05, 0.1) is 12.8 Å². The molecule has 0 bridgehead atoms. The van der Waals surface area contributed by atoms with Crippen molar-refractivity contribution in [1.82, 2.24) is 4.98 Å². The van der Waals surface area contributed by atoms with E-state index >= 15 is 0 Å². The van der Waals surface area contributed by atoms with Crippen molar-refractivity contribution >= 4 is 44.3 Å². The smallest absolute Gasteiger partial charge is 0.267 e. The highest BCUT2D eigenvalue weighted by molar-refractivity contribution is 7.89. The number of sulfonamides is 1. The largest absolute Gasteiger partial charge is 0.495 e. The number of primary sulfonamides is 1. The van der Waals surface area contributed by atoms with Crippen LogP contribution in [0.25, 0.3) is 10.6 Å². The van der Waals surface area contributed by atoms with Crippen LogP contribution in [0.1, 0.15) is 15.4 Å². The normalized spacial score (nSPS) is 11.3. The lowest BCUT2D eigenvalue weighted by Crippen LogP contribution is -2.15. The number of thiazole rings is 1. The Balaban J connectivity index is 1.89. The molecule has 3 N–H and O–H groups in total. The van der Waals surface area contributed by atoms with E-state index in [1.54, 1.807) is 24.3 Å². The predicted molar refractivity (Wildman–Crippen MR) is 102 cm³/mol. The Kier molecular flexibility index (Phi) is 5.10. The van der Waals surface area contributed by atoms with Gasteiger partial charge in [-0.25, -0.2) is 18.5 Å². The van der Waals surface area contributed by atoms with E-state index in [0.717, 1.165) is 10.6 Å². The standard InChI is InChI=1S/C16H15N3O4S3/c1-9-14(25-16(18-9)10-5-6-24-8-10)15(20)19-11-3-4-12(23-2)13(7-11)26(17,21)22/h3-8H,1-2H3,(H,19,20)(H2,17,21,22). The van der Waals surface area contributed by atoms with Gasteiger partial charge in [-0.2, -0.15) is 11.3 Å². The number of nitrogens with zero attached hydrogens (tertiary/aromatic N) is 1. The molecular weight excluding hydrogens is 394 g/mol. The first-order valence-electron chi connectivity index (χ1n) is 7.32. The summed E-state index contributed by atoms with van der Waals surface area (Å²) in [5.41, 5.74) is 1.86. The van der Waals surface area contributed by atoms with Crippen LogP contribution in [0.4, 0.5) is 5.69 Å². The van der Waals surface area contributed by atoms with Crippen molar-refractivity contribution in [2.24, 2.45) is 5.14 Å². The summed E-state index contributed by atoms with van der Waals surface area (Å²) in [5.74, 6) is -0.258. The van der Waals surface area contributed by atoms with Crippen LogP contribution in [-0.2, 0) is 10.0 Å². The third-order valence-corrected chi connectivity index (χ3v) is 6.32. The Morgan fingerprint density at radius 1 is 1.31 bits per heavy atom. The Bertz CT molecular complexity index is 1060. The van der Waals surface area contributed by atoms with Gasteiger partial charge in [0.2, 0.25) is 10.0 Å². The third-order valence-electron chi connectivity index (χ3n) is 3.50. The van der Waals surface area contributed by atoms with Crippen molar-refractivity contribution in [3.8, 4) is 16.3 Å². The number of carbonyl (C=O) groups excluding carboxylic acids is 1. The van der Waals surface area contributed by atoms with Gasteiger partial charge in [0.25, 0.3) is 5.91 Å². The van der Waals surface area contributed by atoms with Crippen molar-refractivity contribution in [2.45, 2.75) is 11.8 Å². The quantitative estimate of drug-likeness (QED) is 0.673. The molecule has 0 fully saturated rings. The average molecular weight is 410 g/mol. The molecule has 3 rings (SSSR count). The first-order chi connectivity index (χ1) is 12.3. The number of aryl methyl sites for hydroxylation is 1. The van der Waals surface area contributed by atoms with E-state index in [2.05, 4.69) is 10.3 Å². The van der Waals surface area contributed by atoms with Crippen LogP contribution in [0, 0.1) is 6.92 Å². The number of hydrogen-bond acceptors (Lipinski definition) is 7. The van der Waals surface area contributed by atoms with Gasteiger partial charge in [0.15, 0.2) is 0 Å². The highest BCUT2D eigenvalue weighted by Crippen LogP contribution is 2.31. The number of amides is 1. The molecule has 0 aliphatic rings. The summed E-state index contributed by atoms with van der Waals surface area (Å²) in [6.45, 7) is 1.76. The molecule has 2 aromatic heterocycles. The van der Waals surface area contributed by atoms with Crippen molar-refractivity contribution < 1.29 is 17.9 Å². The number of ether oxygens (including phenoxy) is 1. The van der Waals surface area contributed by atoms with Crippen LogP contribution in [0.5, 0.6) is 5.75 Å². The lowest BCUT2D eigenvalue weighted by Gasteiger charge is -2.10. The van der Waals surface area contributed by atoms with Crippen molar-refractivity contribution in [2.75, 3.05) is 12.4 Å². The average Bonchev–Trinajstić information content (AvgIpc) is 3.23. The van der Waals surface area contributed by atoms with Gasteiger partial charge < -0.3 is 10.1 Å². The number of nitrogens with one attached hydrogen (secondary N) is 1. The summed E-state index contributed by atoms with van der Waals surface area (Å²) in [6, 6.07) is 6.18. The monoisotopic (exact) mass is 409 g/mol. The number of hydrogen-bond donors (Lipinski definition) is 2. The maximum atomic E-state index is 12.6. The highest BCUT2D eigenvalue weighted by atomic mass is 32.2. The molecule has 0 atom stereocenters. The lowest BCUT2D eigenvalue weighted by molar-refractivity contribution is 0.102. The molecule has 2 heterocycles. The molecule has 0 aliphatic heterocycles. The number of methoxy groups -OCH3 is 1. The van der Waals surface area contributed by atoms with Crippen LogP contribution in [-0.4, -0.2) is 26.4 Å². The fourth-order valence-corrected chi connectivity index (χ4v) is 4.68. The zero-order chi connectivity index (χ0) is 18.9. The van der Waals surface area contributed by atoms with Gasteiger partial charge in [-0.15, -0.1) is 11.3 Å². The molecule has 1 amide bonds. The van der Waals surface area contributed by atoms with E-state index in [1.165, 1.54) is 30.6 Å². The molecule has 0 aliphatic carbocycles. The van der Waals surface area contributed by atoms with Crippen LogP contribution < -0.4 is 15.2 Å². The van der Waals surface area contributed by atoms with Gasteiger partial charge in [0, 0.05) is 16.6 Å². The molecule has 0 unspecified atom stereocenters. The minimum atomic E-state index is -3.99. The van der Waals surface area contributed by atoms with Crippen molar-refractivity contribution in [3.63, 3.8) is 0 Å². The molecule has 26 heavy (non-hydrogen) atoms. The van der Waals surface area contributed by atoms with Crippen LogP contribution in [0.3, 0.4) is 0 Å². The maximum absolute atomic E-state index is 12.6. The third kappa shape index (κ3) is 3.78. The molecular formula is C16H15N3O4S3. The molecule has 0 spiro atoms. The zero-order valence-electron chi connectivity index (χ0n) is 13.8. The molecule has 136 valence electrons. The van der Waals surface area contributed by atoms with E-state index in [4.69, 9.17) is 9.88 Å². The minimum absolute atomic E-state index is 0.110. The minimum Gasteiger partial charge on any atom is -0.495 e. The van der Waals surface area contributed by atoms with E-state index in [0.29, 0.717) is 16.3 Å². The summed E-state index contributed by atoms with van der Waals surface area (Å²) in [4.78, 5) is 17.3. The molecule has 0 saturated carbocycles. The van der Waals surface area contributed by atoms with Gasteiger partial charge in [-0.05, 0) is 36.6 Å². The Hall–Kier alpha value is -2.27. The molecule has 3 aromatic rings. The van der Waals surface area contributed by atoms with Crippen LogP contribution in [0.15, 0.2) is 39.9 Å². The Morgan fingerprint density at radius 2 is 2.08 bits per heavy atom. The summed E-state index contributed by atoms with van der Waals surface area (Å²) in [5, 5.41) is 12.5. The Morgan fingerprint density at radius 3 is 2.69 bits per heavy atom. The van der Waals surface area contributed by atoms with Crippen LogP contribution in [0.2, 0.25) is 0 Å². The summed E-state index contributed by atoms with van der Waals surface area (Å²) < 4.78 is 28.4.